The number of aromatic nitrogens is 2. The van der Waals surface area contributed by atoms with Crippen LogP contribution in [-0.4, -0.2) is 33.6 Å². The number of nitrogens with zero attached hydrogens (tertiary/aromatic N) is 2. The molecular formula is C17H19N3O2S. The molecule has 1 atom stereocenters. The molecule has 0 aliphatic rings. The maximum atomic E-state index is 12.3. The van der Waals surface area contributed by atoms with Crippen LogP contribution in [0, 0.1) is 12.8 Å². The first kappa shape index (κ1) is 15.7. The number of hydrogen-bond acceptors (Lipinski definition) is 4. The highest BCUT2D eigenvalue weighted by Gasteiger charge is 2.13. The van der Waals surface area contributed by atoms with Crippen molar-refractivity contribution in [3.8, 4) is 0 Å². The largest absolute Gasteiger partial charge is 0.396 e. The van der Waals surface area contributed by atoms with Gasteiger partial charge in [0.15, 0.2) is 0 Å². The number of carbonyl (C=O) groups excluding carboxylic acids is 1. The molecule has 0 aliphatic carbocycles. The number of fused-ring (bicyclic) bond motifs is 1. The molecular weight excluding hydrogens is 310 g/mol. The fraction of sp³-hybridized carbons (Fsp3) is 0.294. The van der Waals surface area contributed by atoms with Crippen molar-refractivity contribution in [2.75, 3.05) is 13.2 Å². The molecule has 0 spiro atoms. The Bertz CT molecular complexity index is 795. The molecule has 0 aliphatic heterocycles. The Hall–Kier alpha value is -2.18. The smallest absolute Gasteiger partial charge is 0.252 e. The summed E-state index contributed by atoms with van der Waals surface area (Å²) in [5, 5.41) is 16.5. The van der Waals surface area contributed by atoms with E-state index in [9.17, 15) is 9.90 Å². The summed E-state index contributed by atoms with van der Waals surface area (Å²) < 4.78 is 1.85. The maximum absolute atomic E-state index is 12.3. The summed E-state index contributed by atoms with van der Waals surface area (Å²) >= 11 is 1.64. The van der Waals surface area contributed by atoms with Crippen LogP contribution in [0.3, 0.4) is 0 Å². The van der Waals surface area contributed by atoms with E-state index in [-0.39, 0.29) is 18.4 Å². The molecule has 1 amide bonds. The van der Waals surface area contributed by atoms with Gasteiger partial charge in [-0.15, -0.1) is 0 Å². The monoisotopic (exact) mass is 329 g/mol. The molecule has 6 heteroatoms. The van der Waals surface area contributed by atoms with Crippen LogP contribution < -0.4 is 5.32 Å². The minimum atomic E-state index is -0.137. The second-order valence-electron chi connectivity index (χ2n) is 5.66. The van der Waals surface area contributed by atoms with Crippen LogP contribution in [0.25, 0.3) is 5.65 Å². The predicted molar refractivity (Wildman–Crippen MR) is 90.9 cm³/mol. The molecule has 0 radical (unpaired) electrons. The summed E-state index contributed by atoms with van der Waals surface area (Å²) in [6.07, 6.45) is 4.43. The zero-order valence-corrected chi connectivity index (χ0v) is 13.7. The number of aryl methyl sites for hydroxylation is 1. The van der Waals surface area contributed by atoms with E-state index in [1.165, 1.54) is 5.56 Å². The van der Waals surface area contributed by atoms with Crippen molar-refractivity contribution in [2.24, 2.45) is 5.92 Å². The highest BCUT2D eigenvalue weighted by molar-refractivity contribution is 7.07. The van der Waals surface area contributed by atoms with Crippen LogP contribution in [-0.2, 0) is 6.42 Å². The van der Waals surface area contributed by atoms with Gasteiger partial charge in [-0.2, -0.15) is 11.3 Å². The topological polar surface area (TPSA) is 66.6 Å². The first-order chi connectivity index (χ1) is 11.2. The lowest BCUT2D eigenvalue weighted by Gasteiger charge is -2.14. The lowest BCUT2D eigenvalue weighted by atomic mass is 10.0. The predicted octanol–water partition coefficient (Wildman–Crippen LogP) is 2.29. The minimum Gasteiger partial charge on any atom is -0.396 e. The Morgan fingerprint density at radius 2 is 2.26 bits per heavy atom. The van der Waals surface area contributed by atoms with E-state index in [4.69, 9.17) is 0 Å². The molecule has 0 aromatic carbocycles. The van der Waals surface area contributed by atoms with Crippen molar-refractivity contribution in [3.63, 3.8) is 0 Å². The summed E-state index contributed by atoms with van der Waals surface area (Å²) in [6.45, 7) is 2.42. The van der Waals surface area contributed by atoms with Gasteiger partial charge >= 0.3 is 0 Å². The SMILES string of the molecule is Cc1cn2cc(C(=O)NC[C@H](CO)Cc3ccsc3)ccc2n1. The van der Waals surface area contributed by atoms with Crippen molar-refractivity contribution >= 4 is 22.9 Å². The molecule has 3 aromatic rings. The van der Waals surface area contributed by atoms with Crippen LogP contribution in [0.4, 0.5) is 0 Å². The summed E-state index contributed by atoms with van der Waals surface area (Å²) in [4.78, 5) is 16.6. The van der Waals surface area contributed by atoms with E-state index < -0.39 is 0 Å². The van der Waals surface area contributed by atoms with Crippen molar-refractivity contribution in [1.29, 1.82) is 0 Å². The average Bonchev–Trinajstić information content (AvgIpc) is 3.18. The second kappa shape index (κ2) is 6.93. The number of imidazole rings is 1. The van der Waals surface area contributed by atoms with Gasteiger partial charge in [0.25, 0.3) is 5.91 Å². The van der Waals surface area contributed by atoms with Gasteiger partial charge in [-0.05, 0) is 47.9 Å². The fourth-order valence-corrected chi connectivity index (χ4v) is 3.22. The number of thiophene rings is 1. The Morgan fingerprint density at radius 1 is 1.39 bits per heavy atom. The number of rotatable bonds is 6. The van der Waals surface area contributed by atoms with Crippen LogP contribution in [0.15, 0.2) is 41.4 Å². The molecule has 0 fully saturated rings. The number of nitrogens with one attached hydrogen (secondary N) is 1. The van der Waals surface area contributed by atoms with E-state index in [2.05, 4.69) is 15.7 Å². The second-order valence-corrected chi connectivity index (χ2v) is 6.44. The van der Waals surface area contributed by atoms with Crippen molar-refractivity contribution < 1.29 is 9.90 Å². The van der Waals surface area contributed by atoms with Crippen molar-refractivity contribution in [3.05, 3.63) is 58.2 Å². The van der Waals surface area contributed by atoms with E-state index in [1.54, 1.807) is 23.6 Å². The number of hydrogen-bond donors (Lipinski definition) is 2. The van der Waals surface area contributed by atoms with E-state index in [0.717, 1.165) is 17.8 Å². The highest BCUT2D eigenvalue weighted by Crippen LogP contribution is 2.12. The zero-order chi connectivity index (χ0) is 16.2. The molecule has 3 rings (SSSR count). The van der Waals surface area contributed by atoms with E-state index >= 15 is 0 Å². The molecule has 120 valence electrons. The third kappa shape index (κ3) is 3.78. The quantitative estimate of drug-likeness (QED) is 0.729. The lowest BCUT2D eigenvalue weighted by Crippen LogP contribution is -2.31. The van der Waals surface area contributed by atoms with Gasteiger partial charge in [-0.25, -0.2) is 4.98 Å². The van der Waals surface area contributed by atoms with Crippen molar-refractivity contribution in [1.82, 2.24) is 14.7 Å². The fourth-order valence-electron chi connectivity index (χ4n) is 2.54. The molecule has 0 saturated carbocycles. The number of amides is 1. The molecule has 0 unspecified atom stereocenters. The number of pyridine rings is 1. The standard InChI is InChI=1S/C17H19N3O2S/c1-12-8-20-9-15(2-3-16(20)19-12)17(22)18-7-14(10-21)6-13-4-5-23-11-13/h2-5,8-9,11,14,21H,6-7,10H2,1H3,(H,18,22)/t14-/m1/s1. The van der Waals surface area contributed by atoms with Crippen LogP contribution in [0.5, 0.6) is 0 Å². The summed E-state index contributed by atoms with van der Waals surface area (Å²) in [5.41, 5.74) is 3.52. The number of aliphatic hydroxyl groups is 1. The first-order valence-electron chi connectivity index (χ1n) is 7.51. The third-order valence-electron chi connectivity index (χ3n) is 3.75. The zero-order valence-electron chi connectivity index (χ0n) is 12.9. The molecule has 3 aromatic heterocycles. The Kier molecular flexibility index (Phi) is 4.73. The summed E-state index contributed by atoms with van der Waals surface area (Å²) in [5.74, 6) is -0.116. The summed E-state index contributed by atoms with van der Waals surface area (Å²) in [6, 6.07) is 5.64. The Balaban J connectivity index is 1.62. The normalized spacial score (nSPS) is 12.4. The van der Waals surface area contributed by atoms with Crippen LogP contribution >= 0.6 is 11.3 Å². The van der Waals surface area contributed by atoms with Gasteiger partial charge in [0, 0.05) is 31.5 Å². The Labute approximate surface area is 138 Å². The van der Waals surface area contributed by atoms with E-state index in [0.29, 0.717) is 12.1 Å². The molecule has 23 heavy (non-hydrogen) atoms. The first-order valence-corrected chi connectivity index (χ1v) is 8.45. The minimum absolute atomic E-state index is 0.0211. The van der Waals surface area contributed by atoms with Gasteiger partial charge in [0.05, 0.1) is 11.3 Å². The average molecular weight is 329 g/mol. The van der Waals surface area contributed by atoms with Crippen LogP contribution in [0.1, 0.15) is 21.6 Å². The third-order valence-corrected chi connectivity index (χ3v) is 4.48. The molecule has 5 nitrogen and oxygen atoms in total. The van der Waals surface area contributed by atoms with Gasteiger partial charge < -0.3 is 14.8 Å². The van der Waals surface area contributed by atoms with E-state index in [1.807, 2.05) is 35.0 Å². The van der Waals surface area contributed by atoms with Crippen molar-refractivity contribution in [2.45, 2.75) is 13.3 Å². The number of carbonyl (C=O) groups is 1. The Morgan fingerprint density at radius 3 is 3.00 bits per heavy atom. The molecule has 2 N–H and O–H groups in total. The summed E-state index contributed by atoms with van der Waals surface area (Å²) in [7, 11) is 0. The molecule has 0 bridgehead atoms. The van der Waals surface area contributed by atoms with Gasteiger partial charge in [-0.1, -0.05) is 0 Å². The highest BCUT2D eigenvalue weighted by atomic mass is 32.1. The van der Waals surface area contributed by atoms with Crippen LogP contribution in [0.2, 0.25) is 0 Å². The van der Waals surface area contributed by atoms with Gasteiger partial charge in [-0.3, -0.25) is 4.79 Å². The molecule has 3 heterocycles. The molecule has 0 saturated heterocycles. The van der Waals surface area contributed by atoms with Gasteiger partial charge in [0.2, 0.25) is 0 Å². The maximum Gasteiger partial charge on any atom is 0.252 e. The number of aliphatic hydroxyl groups excluding tert-OH is 1. The lowest BCUT2D eigenvalue weighted by molar-refractivity contribution is 0.0939. The van der Waals surface area contributed by atoms with Gasteiger partial charge in [0.1, 0.15) is 5.65 Å².